The number of carbonyl (C=O) groups excluding carboxylic acids is 2. The lowest BCUT2D eigenvalue weighted by Gasteiger charge is -2.12. The molecule has 1 N–H and O–H groups in total. The predicted octanol–water partition coefficient (Wildman–Crippen LogP) is 4.23. The van der Waals surface area contributed by atoms with Crippen molar-refractivity contribution < 1.29 is 28.5 Å². The van der Waals surface area contributed by atoms with Crippen molar-refractivity contribution in [2.24, 2.45) is 0 Å². The highest BCUT2D eigenvalue weighted by Gasteiger charge is 2.17. The number of para-hydroxylation sites is 1. The Balaban J connectivity index is 1.29. The Hall–Kier alpha value is -3.52. The number of carbonyl (C=O) groups is 2. The number of hydrogen-bond donors (Lipinski definition) is 1. The summed E-state index contributed by atoms with van der Waals surface area (Å²) < 4.78 is 22.5. The molecule has 0 spiro atoms. The summed E-state index contributed by atoms with van der Waals surface area (Å²) in [5.74, 6) is 0.652. The summed E-state index contributed by atoms with van der Waals surface area (Å²) in [6.07, 6.45) is 0. The zero-order chi connectivity index (χ0) is 22.3. The molecule has 0 saturated heterocycles. The summed E-state index contributed by atoms with van der Waals surface area (Å²) >= 11 is 3.47. The number of ether oxygens (including phenoxy) is 4. The van der Waals surface area contributed by atoms with Crippen LogP contribution in [0.15, 0.2) is 71.2 Å². The van der Waals surface area contributed by atoms with E-state index in [1.807, 2.05) is 30.3 Å². The fraction of sp³-hybridized carbons (Fsp3) is 0.167. The van der Waals surface area contributed by atoms with E-state index in [4.69, 9.17) is 18.9 Å². The second-order valence-electron chi connectivity index (χ2n) is 6.92. The molecule has 1 aliphatic heterocycles. The second-order valence-corrected chi connectivity index (χ2v) is 7.77. The molecule has 3 aromatic rings. The number of hydrogen-bond acceptors (Lipinski definition) is 6. The number of benzene rings is 3. The van der Waals surface area contributed by atoms with Crippen molar-refractivity contribution in [2.45, 2.75) is 13.2 Å². The number of nitrogens with one attached hydrogen (secondary N) is 1. The van der Waals surface area contributed by atoms with Crippen LogP contribution in [-0.4, -0.2) is 25.3 Å². The maximum atomic E-state index is 12.5. The lowest BCUT2D eigenvalue weighted by Crippen LogP contribution is -2.28. The van der Waals surface area contributed by atoms with E-state index in [1.54, 1.807) is 36.4 Å². The van der Waals surface area contributed by atoms with E-state index in [-0.39, 0.29) is 25.5 Å². The smallest absolute Gasteiger partial charge is 0.342 e. The van der Waals surface area contributed by atoms with Crippen LogP contribution in [0.5, 0.6) is 17.2 Å². The van der Waals surface area contributed by atoms with Crippen molar-refractivity contribution in [3.05, 3.63) is 87.9 Å². The number of halogens is 1. The Morgan fingerprint density at radius 3 is 2.62 bits per heavy atom. The Kier molecular flexibility index (Phi) is 6.91. The van der Waals surface area contributed by atoms with Gasteiger partial charge < -0.3 is 24.3 Å². The molecular formula is C24H20BrNO6. The number of amides is 1. The molecular weight excluding hydrogens is 478 g/mol. The zero-order valence-corrected chi connectivity index (χ0v) is 18.6. The topological polar surface area (TPSA) is 83.1 Å². The molecule has 32 heavy (non-hydrogen) atoms. The molecule has 7 nitrogen and oxygen atoms in total. The van der Waals surface area contributed by atoms with Crippen LogP contribution in [0, 0.1) is 0 Å². The summed E-state index contributed by atoms with van der Waals surface area (Å²) in [4.78, 5) is 24.7. The van der Waals surface area contributed by atoms with Gasteiger partial charge in [-0.3, -0.25) is 4.79 Å². The normalized spacial score (nSPS) is 11.7. The maximum absolute atomic E-state index is 12.5. The zero-order valence-electron chi connectivity index (χ0n) is 17.0. The van der Waals surface area contributed by atoms with Crippen LogP contribution in [0.2, 0.25) is 0 Å². The summed E-state index contributed by atoms with van der Waals surface area (Å²) in [6, 6.07) is 19.8. The van der Waals surface area contributed by atoms with E-state index in [1.165, 1.54) is 0 Å². The van der Waals surface area contributed by atoms with Crippen molar-refractivity contribution in [2.75, 3.05) is 13.4 Å². The third kappa shape index (κ3) is 5.39. The first-order chi connectivity index (χ1) is 15.6. The molecule has 164 valence electrons. The van der Waals surface area contributed by atoms with Gasteiger partial charge in [0, 0.05) is 16.6 Å². The van der Waals surface area contributed by atoms with E-state index in [0.29, 0.717) is 17.2 Å². The number of esters is 1. The molecule has 1 heterocycles. The van der Waals surface area contributed by atoms with Gasteiger partial charge in [-0.1, -0.05) is 52.3 Å². The minimum Gasteiger partial charge on any atom is -0.488 e. The molecule has 0 atom stereocenters. The van der Waals surface area contributed by atoms with Crippen molar-refractivity contribution in [3.63, 3.8) is 0 Å². The van der Waals surface area contributed by atoms with E-state index >= 15 is 0 Å². The molecule has 8 heteroatoms. The molecule has 1 amide bonds. The van der Waals surface area contributed by atoms with Gasteiger partial charge in [0.25, 0.3) is 5.91 Å². The van der Waals surface area contributed by atoms with Gasteiger partial charge in [-0.2, -0.15) is 0 Å². The molecule has 0 bridgehead atoms. The molecule has 0 radical (unpaired) electrons. The van der Waals surface area contributed by atoms with Crippen LogP contribution in [0.25, 0.3) is 0 Å². The average Bonchev–Trinajstić information content (AvgIpc) is 3.29. The minimum atomic E-state index is -0.633. The molecule has 1 aliphatic rings. The van der Waals surface area contributed by atoms with Crippen LogP contribution in [0.4, 0.5) is 0 Å². The molecule has 0 saturated carbocycles. The van der Waals surface area contributed by atoms with E-state index in [9.17, 15) is 9.59 Å². The molecule has 0 aliphatic carbocycles. The number of rotatable bonds is 8. The molecule has 0 fully saturated rings. The standard InChI is InChI=1S/C24H20BrNO6/c25-19-7-3-1-5-17(19)13-29-20-8-4-2-6-18(20)24(28)30-14-23(27)26-12-16-9-10-21-22(11-16)32-15-31-21/h1-11H,12-15H2,(H,26,27). The largest absolute Gasteiger partial charge is 0.488 e. The van der Waals surface area contributed by atoms with Gasteiger partial charge in [0.1, 0.15) is 17.9 Å². The highest BCUT2D eigenvalue weighted by atomic mass is 79.9. The highest BCUT2D eigenvalue weighted by molar-refractivity contribution is 9.10. The van der Waals surface area contributed by atoms with Crippen molar-refractivity contribution >= 4 is 27.8 Å². The molecule has 0 unspecified atom stereocenters. The fourth-order valence-electron chi connectivity index (χ4n) is 3.04. The lowest BCUT2D eigenvalue weighted by atomic mass is 10.2. The quantitative estimate of drug-likeness (QED) is 0.469. The summed E-state index contributed by atoms with van der Waals surface area (Å²) in [6.45, 7) is 0.345. The van der Waals surface area contributed by atoms with Crippen molar-refractivity contribution in [1.29, 1.82) is 0 Å². The molecule has 3 aromatic carbocycles. The second kappa shape index (κ2) is 10.2. The van der Waals surface area contributed by atoms with Gasteiger partial charge in [-0.25, -0.2) is 4.79 Å². The van der Waals surface area contributed by atoms with Gasteiger partial charge in [0.15, 0.2) is 18.1 Å². The maximum Gasteiger partial charge on any atom is 0.342 e. The van der Waals surface area contributed by atoms with Crippen LogP contribution in [0.3, 0.4) is 0 Å². The van der Waals surface area contributed by atoms with Crippen molar-refractivity contribution in [1.82, 2.24) is 5.32 Å². The Morgan fingerprint density at radius 2 is 1.75 bits per heavy atom. The fourth-order valence-corrected chi connectivity index (χ4v) is 3.44. The van der Waals surface area contributed by atoms with Crippen LogP contribution < -0.4 is 19.5 Å². The summed E-state index contributed by atoms with van der Waals surface area (Å²) in [5.41, 5.74) is 2.04. The first-order valence-electron chi connectivity index (χ1n) is 9.88. The molecule has 4 rings (SSSR count). The van der Waals surface area contributed by atoms with Gasteiger partial charge in [0.2, 0.25) is 6.79 Å². The van der Waals surface area contributed by atoms with E-state index in [2.05, 4.69) is 21.2 Å². The van der Waals surface area contributed by atoms with Gasteiger partial charge in [-0.15, -0.1) is 0 Å². The van der Waals surface area contributed by atoms with Crippen LogP contribution in [-0.2, 0) is 22.7 Å². The Bertz CT molecular complexity index is 1130. The minimum absolute atomic E-state index is 0.189. The van der Waals surface area contributed by atoms with Crippen LogP contribution >= 0.6 is 15.9 Å². The Labute approximate surface area is 193 Å². The lowest BCUT2D eigenvalue weighted by molar-refractivity contribution is -0.124. The molecule has 0 aromatic heterocycles. The Morgan fingerprint density at radius 1 is 0.969 bits per heavy atom. The number of fused-ring (bicyclic) bond motifs is 1. The van der Waals surface area contributed by atoms with E-state index < -0.39 is 18.5 Å². The van der Waals surface area contributed by atoms with Gasteiger partial charge in [0.05, 0.1) is 0 Å². The van der Waals surface area contributed by atoms with E-state index in [0.717, 1.165) is 15.6 Å². The first-order valence-corrected chi connectivity index (χ1v) is 10.7. The monoisotopic (exact) mass is 497 g/mol. The van der Waals surface area contributed by atoms with Gasteiger partial charge >= 0.3 is 5.97 Å². The highest BCUT2D eigenvalue weighted by Crippen LogP contribution is 2.32. The van der Waals surface area contributed by atoms with Gasteiger partial charge in [-0.05, 0) is 35.9 Å². The third-order valence-electron chi connectivity index (χ3n) is 4.71. The average molecular weight is 498 g/mol. The third-order valence-corrected chi connectivity index (χ3v) is 5.48. The van der Waals surface area contributed by atoms with Crippen molar-refractivity contribution in [3.8, 4) is 17.2 Å². The SMILES string of the molecule is O=C(COC(=O)c1ccccc1OCc1ccccc1Br)NCc1ccc2c(c1)OCO2. The van der Waals surface area contributed by atoms with Crippen LogP contribution in [0.1, 0.15) is 21.5 Å². The summed E-state index contributed by atoms with van der Waals surface area (Å²) in [7, 11) is 0. The summed E-state index contributed by atoms with van der Waals surface area (Å²) in [5, 5.41) is 2.72. The predicted molar refractivity (Wildman–Crippen MR) is 120 cm³/mol. The first kappa shape index (κ1) is 21.7.